The molecule has 0 radical (unpaired) electrons. The molecule has 2 aromatic rings. The third-order valence-corrected chi connectivity index (χ3v) is 3.49. The van der Waals surface area contributed by atoms with Crippen molar-refractivity contribution in [3.8, 4) is 0 Å². The molecule has 1 unspecified atom stereocenters. The molecular weight excluding hydrogens is 214 g/mol. The third-order valence-electron chi connectivity index (χ3n) is 3.49. The van der Waals surface area contributed by atoms with Crippen molar-refractivity contribution in [3.63, 3.8) is 0 Å². The lowest BCUT2D eigenvalue weighted by atomic mass is 10.2. The molecule has 1 fully saturated rings. The van der Waals surface area contributed by atoms with Crippen molar-refractivity contribution < 1.29 is 0 Å². The zero-order valence-electron chi connectivity index (χ0n) is 9.81. The van der Waals surface area contributed by atoms with E-state index in [0.29, 0.717) is 6.04 Å². The second kappa shape index (κ2) is 3.87. The van der Waals surface area contributed by atoms with Gasteiger partial charge in [0, 0.05) is 36.4 Å². The molecule has 4 heteroatoms. The molecule has 4 nitrogen and oxygen atoms in total. The first-order valence-electron chi connectivity index (χ1n) is 5.99. The number of aromatic amines is 1. The SMILES string of the molecule is CC1CCCN1c1cc(=O)[nH]c2ccncc12. The Hall–Kier alpha value is -1.84. The first-order chi connectivity index (χ1) is 8.25. The molecule has 0 aliphatic carbocycles. The van der Waals surface area contributed by atoms with Gasteiger partial charge in [-0.05, 0) is 25.8 Å². The molecule has 1 aliphatic heterocycles. The first kappa shape index (κ1) is 10.3. The van der Waals surface area contributed by atoms with Gasteiger partial charge in [-0.15, -0.1) is 0 Å². The molecule has 0 amide bonds. The maximum Gasteiger partial charge on any atom is 0.250 e. The topological polar surface area (TPSA) is 49.0 Å². The molecule has 88 valence electrons. The number of rotatable bonds is 1. The summed E-state index contributed by atoms with van der Waals surface area (Å²) in [7, 11) is 0. The predicted octanol–water partition coefficient (Wildman–Crippen LogP) is 1.91. The van der Waals surface area contributed by atoms with Crippen LogP contribution in [0.2, 0.25) is 0 Å². The fraction of sp³-hybridized carbons (Fsp3) is 0.385. The Morgan fingerprint density at radius 1 is 1.53 bits per heavy atom. The van der Waals surface area contributed by atoms with E-state index >= 15 is 0 Å². The van der Waals surface area contributed by atoms with E-state index in [-0.39, 0.29) is 5.56 Å². The summed E-state index contributed by atoms with van der Waals surface area (Å²) in [6.45, 7) is 3.23. The van der Waals surface area contributed by atoms with Crippen LogP contribution in [0.15, 0.2) is 29.3 Å². The number of aromatic nitrogens is 2. The Kier molecular flexibility index (Phi) is 2.35. The van der Waals surface area contributed by atoms with Crippen LogP contribution in [0.5, 0.6) is 0 Å². The van der Waals surface area contributed by atoms with Gasteiger partial charge in [0.1, 0.15) is 0 Å². The van der Waals surface area contributed by atoms with E-state index in [4.69, 9.17) is 0 Å². The normalized spacial score (nSPS) is 20.1. The van der Waals surface area contributed by atoms with Crippen LogP contribution in [0.4, 0.5) is 5.69 Å². The lowest BCUT2D eigenvalue weighted by Crippen LogP contribution is -2.27. The minimum atomic E-state index is -0.0437. The van der Waals surface area contributed by atoms with Gasteiger partial charge in [-0.1, -0.05) is 0 Å². The van der Waals surface area contributed by atoms with Crippen molar-refractivity contribution in [2.24, 2.45) is 0 Å². The Morgan fingerprint density at radius 3 is 3.18 bits per heavy atom. The quantitative estimate of drug-likeness (QED) is 0.812. The zero-order chi connectivity index (χ0) is 11.8. The summed E-state index contributed by atoms with van der Waals surface area (Å²) < 4.78 is 0. The predicted molar refractivity (Wildman–Crippen MR) is 68.4 cm³/mol. The van der Waals surface area contributed by atoms with E-state index in [0.717, 1.165) is 23.1 Å². The third kappa shape index (κ3) is 1.69. The van der Waals surface area contributed by atoms with E-state index in [9.17, 15) is 4.79 Å². The zero-order valence-corrected chi connectivity index (χ0v) is 9.81. The minimum absolute atomic E-state index is 0.0437. The molecule has 1 atom stereocenters. The summed E-state index contributed by atoms with van der Waals surface area (Å²) in [6, 6.07) is 4.03. The van der Waals surface area contributed by atoms with Crippen LogP contribution >= 0.6 is 0 Å². The van der Waals surface area contributed by atoms with E-state index in [2.05, 4.69) is 21.8 Å². The van der Waals surface area contributed by atoms with Crippen molar-refractivity contribution in [2.75, 3.05) is 11.4 Å². The minimum Gasteiger partial charge on any atom is -0.368 e. The lowest BCUT2D eigenvalue weighted by molar-refractivity contribution is 0.736. The average Bonchev–Trinajstić information content (AvgIpc) is 2.74. The Balaban J connectivity index is 2.24. The highest BCUT2D eigenvalue weighted by Gasteiger charge is 2.22. The molecule has 0 aromatic carbocycles. The molecule has 2 aromatic heterocycles. The molecule has 0 saturated carbocycles. The monoisotopic (exact) mass is 229 g/mol. The van der Waals surface area contributed by atoms with Gasteiger partial charge >= 0.3 is 0 Å². The number of fused-ring (bicyclic) bond motifs is 1. The summed E-state index contributed by atoms with van der Waals surface area (Å²) in [5.41, 5.74) is 1.83. The average molecular weight is 229 g/mol. The van der Waals surface area contributed by atoms with E-state index in [1.54, 1.807) is 12.3 Å². The summed E-state index contributed by atoms with van der Waals surface area (Å²) in [5.74, 6) is 0. The number of anilines is 1. The smallest absolute Gasteiger partial charge is 0.250 e. The van der Waals surface area contributed by atoms with Crippen molar-refractivity contribution in [1.82, 2.24) is 9.97 Å². The second-order valence-electron chi connectivity index (χ2n) is 4.62. The molecule has 0 spiro atoms. The maximum absolute atomic E-state index is 11.7. The Bertz CT molecular complexity index is 605. The molecule has 0 bridgehead atoms. The highest BCUT2D eigenvalue weighted by molar-refractivity contribution is 5.90. The fourth-order valence-electron chi connectivity index (χ4n) is 2.61. The number of pyridine rings is 2. The molecule has 17 heavy (non-hydrogen) atoms. The first-order valence-corrected chi connectivity index (χ1v) is 5.99. The summed E-state index contributed by atoms with van der Waals surface area (Å²) in [6.07, 6.45) is 5.91. The highest BCUT2D eigenvalue weighted by atomic mass is 16.1. The standard InChI is InChI=1S/C13H15N3O/c1-9-3-2-6-16(9)12-7-13(17)15-11-4-5-14-8-10(11)12/h4-5,7-9H,2-3,6H2,1H3,(H,15,17). The van der Waals surface area contributed by atoms with Gasteiger partial charge in [0.2, 0.25) is 5.56 Å². The van der Waals surface area contributed by atoms with Crippen molar-refractivity contribution in [1.29, 1.82) is 0 Å². The van der Waals surface area contributed by atoms with Crippen LogP contribution in [0.25, 0.3) is 10.9 Å². The Labute approximate surface area is 99.3 Å². The molecule has 1 aliphatic rings. The van der Waals surface area contributed by atoms with Crippen molar-refractivity contribution in [3.05, 3.63) is 34.9 Å². The van der Waals surface area contributed by atoms with Gasteiger partial charge in [-0.3, -0.25) is 9.78 Å². The fourth-order valence-corrected chi connectivity index (χ4v) is 2.61. The molecular formula is C13H15N3O. The van der Waals surface area contributed by atoms with Crippen LogP contribution < -0.4 is 10.5 Å². The molecule has 3 heterocycles. The lowest BCUT2D eigenvalue weighted by Gasteiger charge is -2.24. The number of hydrogen-bond acceptors (Lipinski definition) is 3. The van der Waals surface area contributed by atoms with E-state index in [1.165, 1.54) is 12.8 Å². The number of H-pyrrole nitrogens is 1. The van der Waals surface area contributed by atoms with E-state index in [1.807, 2.05) is 12.3 Å². The van der Waals surface area contributed by atoms with Gasteiger partial charge in [0.25, 0.3) is 0 Å². The van der Waals surface area contributed by atoms with Crippen LogP contribution in [0.1, 0.15) is 19.8 Å². The number of hydrogen-bond donors (Lipinski definition) is 1. The van der Waals surface area contributed by atoms with Gasteiger partial charge in [-0.2, -0.15) is 0 Å². The van der Waals surface area contributed by atoms with Gasteiger partial charge in [-0.25, -0.2) is 0 Å². The van der Waals surface area contributed by atoms with Crippen molar-refractivity contribution in [2.45, 2.75) is 25.8 Å². The maximum atomic E-state index is 11.7. The van der Waals surface area contributed by atoms with Gasteiger partial charge in [0.05, 0.1) is 11.2 Å². The van der Waals surface area contributed by atoms with Crippen molar-refractivity contribution >= 4 is 16.6 Å². The van der Waals surface area contributed by atoms with Crippen LogP contribution in [-0.2, 0) is 0 Å². The second-order valence-corrected chi connectivity index (χ2v) is 4.62. The van der Waals surface area contributed by atoms with Crippen LogP contribution in [-0.4, -0.2) is 22.6 Å². The highest BCUT2D eigenvalue weighted by Crippen LogP contribution is 2.29. The molecule has 1 N–H and O–H groups in total. The molecule has 1 saturated heterocycles. The van der Waals surface area contributed by atoms with E-state index < -0.39 is 0 Å². The summed E-state index contributed by atoms with van der Waals surface area (Å²) in [4.78, 5) is 21.0. The van der Waals surface area contributed by atoms with Crippen LogP contribution in [0.3, 0.4) is 0 Å². The number of nitrogens with one attached hydrogen (secondary N) is 1. The largest absolute Gasteiger partial charge is 0.368 e. The van der Waals surface area contributed by atoms with Crippen LogP contribution in [0, 0.1) is 0 Å². The Morgan fingerprint density at radius 2 is 2.41 bits per heavy atom. The molecule has 3 rings (SSSR count). The van der Waals surface area contributed by atoms with Gasteiger partial charge in [0.15, 0.2) is 0 Å². The van der Waals surface area contributed by atoms with Gasteiger partial charge < -0.3 is 9.88 Å². The summed E-state index contributed by atoms with van der Waals surface area (Å²) >= 11 is 0. The number of nitrogens with zero attached hydrogens (tertiary/aromatic N) is 2. The summed E-state index contributed by atoms with van der Waals surface area (Å²) in [5, 5.41) is 1.03.